The second kappa shape index (κ2) is 4.89. The van der Waals surface area contributed by atoms with E-state index < -0.39 is 5.97 Å². The number of benzene rings is 1. The van der Waals surface area contributed by atoms with E-state index in [-0.39, 0.29) is 23.1 Å². The number of anilines is 1. The number of carboxylic acids is 1. The highest BCUT2D eigenvalue weighted by molar-refractivity contribution is 7.80. The lowest BCUT2D eigenvalue weighted by atomic mass is 10.1. The highest BCUT2D eigenvalue weighted by atomic mass is 32.1. The topological polar surface area (TPSA) is 77.8 Å². The van der Waals surface area contributed by atoms with Crippen molar-refractivity contribution in [3.05, 3.63) is 23.8 Å². The van der Waals surface area contributed by atoms with E-state index in [1.807, 2.05) is 0 Å². The molecular weight excluding hydrogens is 254 g/mol. The number of hydrogen-bond acceptors (Lipinski definition) is 4. The molecule has 1 aromatic rings. The first kappa shape index (κ1) is 12.8. The van der Waals surface area contributed by atoms with Gasteiger partial charge in [-0.15, -0.1) is 0 Å². The number of thiol groups is 1. The number of aromatic hydroxyl groups is 1. The minimum Gasteiger partial charge on any atom is -0.506 e. The fourth-order valence-corrected chi connectivity index (χ4v) is 2.27. The Balaban J connectivity index is 2.29. The van der Waals surface area contributed by atoms with Gasteiger partial charge in [0.15, 0.2) is 0 Å². The molecule has 5 nitrogen and oxygen atoms in total. The maximum atomic E-state index is 11.8. The van der Waals surface area contributed by atoms with Crippen molar-refractivity contribution >= 4 is 30.2 Å². The molecule has 0 spiro atoms. The van der Waals surface area contributed by atoms with Gasteiger partial charge >= 0.3 is 5.97 Å². The zero-order valence-corrected chi connectivity index (χ0v) is 10.4. The van der Waals surface area contributed by atoms with Crippen molar-refractivity contribution in [3.8, 4) is 5.75 Å². The van der Waals surface area contributed by atoms with Crippen LogP contribution in [0.2, 0.25) is 0 Å². The average molecular weight is 267 g/mol. The van der Waals surface area contributed by atoms with Gasteiger partial charge in [-0.2, -0.15) is 12.6 Å². The molecule has 1 saturated heterocycles. The van der Waals surface area contributed by atoms with Gasteiger partial charge in [0.25, 0.3) is 0 Å². The van der Waals surface area contributed by atoms with Crippen LogP contribution in [-0.4, -0.2) is 34.4 Å². The third kappa shape index (κ3) is 2.28. The molecule has 0 saturated carbocycles. The van der Waals surface area contributed by atoms with Gasteiger partial charge in [0.2, 0.25) is 5.91 Å². The van der Waals surface area contributed by atoms with E-state index in [1.54, 1.807) is 0 Å². The molecule has 1 unspecified atom stereocenters. The van der Waals surface area contributed by atoms with E-state index in [9.17, 15) is 14.7 Å². The summed E-state index contributed by atoms with van der Waals surface area (Å²) < 4.78 is 0. The molecule has 0 aliphatic carbocycles. The third-order valence-electron chi connectivity index (χ3n) is 2.98. The van der Waals surface area contributed by atoms with Gasteiger partial charge in [0.05, 0.1) is 11.3 Å². The zero-order chi connectivity index (χ0) is 13.3. The molecule has 1 aromatic carbocycles. The monoisotopic (exact) mass is 267 g/mol. The van der Waals surface area contributed by atoms with Crippen molar-refractivity contribution in [3.63, 3.8) is 0 Å². The molecule has 18 heavy (non-hydrogen) atoms. The maximum Gasteiger partial charge on any atom is 0.335 e. The van der Waals surface area contributed by atoms with Crippen LogP contribution in [-0.2, 0) is 4.79 Å². The molecule has 0 radical (unpaired) electrons. The fraction of sp³-hybridized carbons (Fsp3) is 0.333. The summed E-state index contributed by atoms with van der Waals surface area (Å²) >= 11 is 4.16. The van der Waals surface area contributed by atoms with Crippen LogP contribution in [0.1, 0.15) is 16.8 Å². The van der Waals surface area contributed by atoms with Gasteiger partial charge in [0, 0.05) is 13.0 Å². The summed E-state index contributed by atoms with van der Waals surface area (Å²) in [5, 5.41) is 18.6. The molecule has 6 heteroatoms. The number of carbonyl (C=O) groups excluding carboxylic acids is 1. The Hall–Kier alpha value is -1.69. The summed E-state index contributed by atoms with van der Waals surface area (Å²) in [7, 11) is 0. The molecule has 1 fully saturated rings. The predicted molar refractivity (Wildman–Crippen MR) is 69.4 cm³/mol. The molecular formula is C12H13NO4S. The second-order valence-corrected chi connectivity index (χ2v) is 4.63. The van der Waals surface area contributed by atoms with Crippen molar-refractivity contribution in [2.24, 2.45) is 5.92 Å². The molecule has 2 rings (SSSR count). The standard InChI is InChI=1S/C12H13NO4S/c14-10-4-8(12(16)17)1-2-9(10)13-5-7(6-18)3-11(13)15/h1-2,4,7,14,18H,3,5-6H2,(H,16,17). The van der Waals surface area contributed by atoms with Crippen LogP contribution in [0.15, 0.2) is 18.2 Å². The number of carbonyl (C=O) groups is 2. The number of amides is 1. The van der Waals surface area contributed by atoms with Crippen LogP contribution in [0.25, 0.3) is 0 Å². The van der Waals surface area contributed by atoms with Crippen LogP contribution < -0.4 is 4.90 Å². The molecule has 1 aliphatic rings. The first-order valence-electron chi connectivity index (χ1n) is 5.50. The summed E-state index contributed by atoms with van der Waals surface area (Å²) in [5.74, 6) is -0.608. The zero-order valence-electron chi connectivity index (χ0n) is 9.54. The number of phenols is 1. The summed E-state index contributed by atoms with van der Waals surface area (Å²) in [6.07, 6.45) is 0.406. The number of carboxylic acid groups (broad SMARTS) is 1. The van der Waals surface area contributed by atoms with Crippen molar-refractivity contribution in [2.45, 2.75) is 6.42 Å². The lowest BCUT2D eigenvalue weighted by molar-refractivity contribution is -0.117. The van der Waals surface area contributed by atoms with Crippen molar-refractivity contribution in [1.29, 1.82) is 0 Å². The molecule has 0 bridgehead atoms. The van der Waals surface area contributed by atoms with Gasteiger partial charge in [0.1, 0.15) is 5.75 Å². The SMILES string of the molecule is O=C(O)c1ccc(N2CC(CS)CC2=O)c(O)c1. The minimum absolute atomic E-state index is 0.00589. The lowest BCUT2D eigenvalue weighted by Gasteiger charge is -2.18. The molecule has 1 atom stereocenters. The van der Waals surface area contributed by atoms with E-state index in [2.05, 4.69) is 12.6 Å². The van der Waals surface area contributed by atoms with Crippen LogP contribution in [0, 0.1) is 5.92 Å². The molecule has 96 valence electrons. The predicted octanol–water partition coefficient (Wildman–Crippen LogP) is 1.37. The number of rotatable bonds is 3. The average Bonchev–Trinajstić information content (AvgIpc) is 2.70. The van der Waals surface area contributed by atoms with Crippen LogP contribution in [0.5, 0.6) is 5.75 Å². The summed E-state index contributed by atoms with van der Waals surface area (Å²) in [6.45, 7) is 0.502. The number of hydrogen-bond donors (Lipinski definition) is 3. The van der Waals surface area contributed by atoms with Crippen molar-refractivity contribution in [2.75, 3.05) is 17.2 Å². The Morgan fingerprint density at radius 2 is 2.22 bits per heavy atom. The van der Waals surface area contributed by atoms with E-state index in [0.717, 1.165) is 6.07 Å². The van der Waals surface area contributed by atoms with Gasteiger partial charge in [-0.1, -0.05) is 0 Å². The Labute approximate surface area is 109 Å². The number of nitrogens with zero attached hydrogens (tertiary/aromatic N) is 1. The minimum atomic E-state index is -1.11. The number of aromatic carboxylic acids is 1. The molecule has 2 N–H and O–H groups in total. The Morgan fingerprint density at radius 1 is 1.50 bits per heavy atom. The molecule has 1 amide bonds. The summed E-state index contributed by atoms with van der Waals surface area (Å²) in [4.78, 5) is 24.0. The first-order chi connectivity index (χ1) is 8.52. The van der Waals surface area contributed by atoms with Gasteiger partial charge in [-0.3, -0.25) is 4.79 Å². The van der Waals surface area contributed by atoms with Crippen LogP contribution >= 0.6 is 12.6 Å². The normalized spacial score (nSPS) is 19.3. The highest BCUT2D eigenvalue weighted by Gasteiger charge is 2.31. The van der Waals surface area contributed by atoms with Gasteiger partial charge in [-0.25, -0.2) is 4.79 Å². The van der Waals surface area contributed by atoms with E-state index in [1.165, 1.54) is 17.0 Å². The number of phenolic OH excluding ortho intramolecular Hbond substituents is 1. The largest absolute Gasteiger partial charge is 0.506 e. The van der Waals surface area contributed by atoms with E-state index in [4.69, 9.17) is 5.11 Å². The Bertz CT molecular complexity index is 503. The summed E-state index contributed by atoms with van der Waals surface area (Å²) in [5.41, 5.74) is 0.350. The quantitative estimate of drug-likeness (QED) is 0.723. The van der Waals surface area contributed by atoms with Crippen molar-refractivity contribution < 1.29 is 19.8 Å². The third-order valence-corrected chi connectivity index (χ3v) is 3.49. The van der Waals surface area contributed by atoms with E-state index in [0.29, 0.717) is 24.4 Å². The van der Waals surface area contributed by atoms with E-state index >= 15 is 0 Å². The molecule has 0 aromatic heterocycles. The summed E-state index contributed by atoms with van der Waals surface area (Å²) in [6, 6.07) is 3.98. The fourth-order valence-electron chi connectivity index (χ4n) is 2.02. The van der Waals surface area contributed by atoms with Gasteiger partial charge < -0.3 is 15.1 Å². The molecule has 1 heterocycles. The van der Waals surface area contributed by atoms with Crippen molar-refractivity contribution in [1.82, 2.24) is 0 Å². The second-order valence-electron chi connectivity index (χ2n) is 4.27. The lowest BCUT2D eigenvalue weighted by Crippen LogP contribution is -2.24. The smallest absolute Gasteiger partial charge is 0.335 e. The highest BCUT2D eigenvalue weighted by Crippen LogP contribution is 2.33. The maximum absolute atomic E-state index is 11.8. The van der Waals surface area contributed by atoms with Crippen LogP contribution in [0.3, 0.4) is 0 Å². The Kier molecular flexibility index (Phi) is 3.47. The molecule has 1 aliphatic heterocycles. The first-order valence-corrected chi connectivity index (χ1v) is 6.13. The van der Waals surface area contributed by atoms with Crippen LogP contribution in [0.4, 0.5) is 5.69 Å². The Morgan fingerprint density at radius 3 is 2.72 bits per heavy atom. The van der Waals surface area contributed by atoms with Gasteiger partial charge in [-0.05, 0) is 29.9 Å².